The molecule has 1 N–H and O–H groups in total. The van der Waals surface area contributed by atoms with Gasteiger partial charge in [-0.25, -0.2) is 9.78 Å². The topological polar surface area (TPSA) is 102 Å². The Hall–Kier alpha value is -3.46. The van der Waals surface area contributed by atoms with E-state index in [1.807, 2.05) is 12.1 Å². The lowest BCUT2D eigenvalue weighted by Gasteiger charge is -2.32. The Morgan fingerprint density at radius 3 is 2.58 bits per heavy atom. The van der Waals surface area contributed by atoms with Gasteiger partial charge in [-0.1, -0.05) is 40.5 Å². The van der Waals surface area contributed by atoms with Crippen molar-refractivity contribution < 1.29 is 19.2 Å². The Morgan fingerprint density at radius 2 is 1.90 bits per heavy atom. The number of nitrogens with zero attached hydrogens (tertiary/aromatic N) is 4. The number of fused-ring (bicyclic) bond motifs is 1. The largest absolute Gasteiger partial charge is 0.477 e. The molecule has 4 aromatic rings. The van der Waals surface area contributed by atoms with E-state index >= 15 is 0 Å². The molecule has 206 valence electrons. The first-order valence-corrected chi connectivity index (χ1v) is 14.1. The van der Waals surface area contributed by atoms with Gasteiger partial charge in [-0.05, 0) is 61.4 Å². The fraction of sp³-hybridized carbons (Fsp3) is 0.333. The van der Waals surface area contributed by atoms with Gasteiger partial charge in [0.05, 0.1) is 22.2 Å². The number of aromatic nitrogens is 3. The van der Waals surface area contributed by atoms with Crippen molar-refractivity contribution in [2.75, 3.05) is 25.1 Å². The number of ether oxygens (including phenoxy) is 1. The zero-order valence-electron chi connectivity index (χ0n) is 21.9. The molecule has 8 nitrogen and oxygen atoms in total. The van der Waals surface area contributed by atoms with Gasteiger partial charge in [-0.15, -0.1) is 0 Å². The second-order valence-electron chi connectivity index (χ2n) is 10.4. The average molecular weight is 579 g/mol. The summed E-state index contributed by atoms with van der Waals surface area (Å²) in [5.41, 5.74) is 4.85. The number of carboxylic acid groups (broad SMARTS) is 1. The molecule has 1 aliphatic heterocycles. The standard InChI is InChI=1S/C30H28Cl2N4O4/c1-39-16-19-12-26(30(37)38)34-25-7-5-20(13-22(19)25)36-10-8-17(9-11-36)2-6-21-28(35-40-29(21)18-3-4-18)27-23(31)14-33-15-24(27)32/h2,5-7,12-15,17-18H,3-4,8-11,16H2,1H3,(H,37,38)/b6-2+. The van der Waals surface area contributed by atoms with Crippen molar-refractivity contribution in [3.05, 3.63) is 75.4 Å². The number of rotatable bonds is 8. The molecule has 0 radical (unpaired) electrons. The van der Waals surface area contributed by atoms with E-state index in [4.69, 9.17) is 32.5 Å². The molecular weight excluding hydrogens is 551 g/mol. The maximum Gasteiger partial charge on any atom is 0.354 e. The number of benzene rings is 1. The molecule has 0 bridgehead atoms. The monoisotopic (exact) mass is 578 g/mol. The van der Waals surface area contributed by atoms with E-state index in [0.29, 0.717) is 45.3 Å². The maximum atomic E-state index is 11.5. The molecule has 2 aliphatic rings. The number of anilines is 1. The molecule has 1 aromatic carbocycles. The lowest BCUT2D eigenvalue weighted by molar-refractivity contribution is 0.0690. The van der Waals surface area contributed by atoms with Crippen molar-refractivity contribution in [2.45, 2.75) is 38.2 Å². The van der Waals surface area contributed by atoms with Gasteiger partial charge in [0.2, 0.25) is 0 Å². The summed E-state index contributed by atoms with van der Waals surface area (Å²) in [5, 5.41) is 15.6. The fourth-order valence-corrected chi connectivity index (χ4v) is 5.92. The molecule has 3 aromatic heterocycles. The van der Waals surface area contributed by atoms with Crippen molar-refractivity contribution in [2.24, 2.45) is 5.92 Å². The molecule has 4 heterocycles. The van der Waals surface area contributed by atoms with Gasteiger partial charge in [-0.2, -0.15) is 0 Å². The van der Waals surface area contributed by atoms with Crippen LogP contribution in [0.25, 0.3) is 28.2 Å². The molecule has 1 saturated heterocycles. The third-order valence-electron chi connectivity index (χ3n) is 7.63. The second kappa shape index (κ2) is 11.2. The number of carbonyl (C=O) groups is 1. The first-order chi connectivity index (χ1) is 19.4. The summed E-state index contributed by atoms with van der Waals surface area (Å²) < 4.78 is 11.1. The molecule has 40 heavy (non-hydrogen) atoms. The van der Waals surface area contributed by atoms with Crippen LogP contribution in [0.2, 0.25) is 10.0 Å². The highest BCUT2D eigenvalue weighted by Gasteiger charge is 2.33. The average Bonchev–Trinajstić information content (AvgIpc) is 3.72. The molecule has 1 aliphatic carbocycles. The smallest absolute Gasteiger partial charge is 0.354 e. The van der Waals surface area contributed by atoms with E-state index in [1.165, 1.54) is 0 Å². The van der Waals surface area contributed by atoms with Crippen molar-refractivity contribution in [3.63, 3.8) is 0 Å². The van der Waals surface area contributed by atoms with Crippen LogP contribution in [0, 0.1) is 5.92 Å². The van der Waals surface area contributed by atoms with Crippen LogP contribution in [0.15, 0.2) is 47.3 Å². The van der Waals surface area contributed by atoms with Crippen LogP contribution in [0.3, 0.4) is 0 Å². The normalized spacial score (nSPS) is 16.3. The van der Waals surface area contributed by atoms with Crippen LogP contribution in [-0.2, 0) is 11.3 Å². The fourth-order valence-electron chi connectivity index (χ4n) is 5.38. The van der Waals surface area contributed by atoms with Crippen LogP contribution in [0.4, 0.5) is 5.69 Å². The van der Waals surface area contributed by atoms with Gasteiger partial charge in [0.1, 0.15) is 17.1 Å². The van der Waals surface area contributed by atoms with Gasteiger partial charge in [0.25, 0.3) is 0 Å². The first-order valence-electron chi connectivity index (χ1n) is 13.3. The maximum absolute atomic E-state index is 11.5. The lowest BCUT2D eigenvalue weighted by atomic mass is 9.94. The summed E-state index contributed by atoms with van der Waals surface area (Å²) in [6, 6.07) is 7.59. The summed E-state index contributed by atoms with van der Waals surface area (Å²) in [6.45, 7) is 2.11. The Morgan fingerprint density at radius 1 is 1.15 bits per heavy atom. The summed E-state index contributed by atoms with van der Waals surface area (Å²) >= 11 is 12.9. The molecule has 0 amide bonds. The highest BCUT2D eigenvalue weighted by Crippen LogP contribution is 2.46. The molecular formula is C30H28Cl2N4O4. The van der Waals surface area contributed by atoms with Crippen LogP contribution >= 0.6 is 23.2 Å². The molecule has 10 heteroatoms. The van der Waals surface area contributed by atoms with Gasteiger partial charge in [0, 0.05) is 60.7 Å². The number of pyridine rings is 2. The number of hydrogen-bond donors (Lipinski definition) is 1. The Kier molecular flexibility index (Phi) is 7.49. The predicted molar refractivity (Wildman–Crippen MR) is 155 cm³/mol. The zero-order valence-corrected chi connectivity index (χ0v) is 23.5. The van der Waals surface area contributed by atoms with Crippen LogP contribution in [0.1, 0.15) is 59.0 Å². The van der Waals surface area contributed by atoms with Crippen LogP contribution in [0.5, 0.6) is 0 Å². The Bertz CT molecular complexity index is 1590. The summed E-state index contributed by atoms with van der Waals surface area (Å²) in [5.74, 6) is 0.640. The molecule has 0 atom stereocenters. The van der Waals surface area contributed by atoms with Crippen molar-refractivity contribution >= 4 is 51.8 Å². The highest BCUT2D eigenvalue weighted by molar-refractivity contribution is 6.39. The minimum absolute atomic E-state index is 0.0224. The number of aromatic carboxylic acids is 1. The number of methoxy groups -OCH3 is 1. The van der Waals surface area contributed by atoms with Gasteiger partial charge >= 0.3 is 5.97 Å². The second-order valence-corrected chi connectivity index (χ2v) is 11.2. The number of piperidine rings is 1. The molecule has 0 unspecified atom stereocenters. The van der Waals surface area contributed by atoms with Crippen molar-refractivity contribution in [1.29, 1.82) is 0 Å². The summed E-state index contributed by atoms with van der Waals surface area (Å²) in [7, 11) is 1.60. The van der Waals surface area contributed by atoms with Gasteiger partial charge in [-0.3, -0.25) is 4.98 Å². The quantitative estimate of drug-likeness (QED) is 0.233. The predicted octanol–water partition coefficient (Wildman–Crippen LogP) is 7.24. The van der Waals surface area contributed by atoms with E-state index in [9.17, 15) is 9.90 Å². The van der Waals surface area contributed by atoms with Gasteiger partial charge < -0.3 is 19.3 Å². The number of allylic oxidation sites excluding steroid dienone is 1. The summed E-state index contributed by atoms with van der Waals surface area (Å²) in [6.07, 6.45) is 11.7. The molecule has 1 saturated carbocycles. The summed E-state index contributed by atoms with van der Waals surface area (Å²) in [4.78, 5) is 22.3. The van der Waals surface area contributed by atoms with Crippen LogP contribution < -0.4 is 4.90 Å². The SMILES string of the molecule is COCc1cc(C(=O)O)nc2ccc(N3CCC(/C=C/c4c(-c5c(Cl)cncc5Cl)noc4C4CC4)CC3)cc12. The van der Waals surface area contributed by atoms with E-state index < -0.39 is 5.97 Å². The van der Waals surface area contributed by atoms with E-state index in [2.05, 4.69) is 38.2 Å². The van der Waals surface area contributed by atoms with Crippen molar-refractivity contribution in [1.82, 2.24) is 15.1 Å². The number of carboxylic acids is 1. The third kappa shape index (κ3) is 5.31. The number of halogens is 2. The number of hydrogen-bond acceptors (Lipinski definition) is 7. The minimum Gasteiger partial charge on any atom is -0.477 e. The van der Waals surface area contributed by atoms with Crippen LogP contribution in [-0.4, -0.2) is 46.4 Å². The van der Waals surface area contributed by atoms with E-state index in [1.54, 1.807) is 25.6 Å². The Labute approximate surface area is 241 Å². The zero-order chi connectivity index (χ0) is 27.8. The molecule has 2 fully saturated rings. The highest BCUT2D eigenvalue weighted by atomic mass is 35.5. The van der Waals surface area contributed by atoms with Gasteiger partial charge in [0.15, 0.2) is 0 Å². The molecule has 6 rings (SSSR count). The molecule has 0 spiro atoms. The first kappa shape index (κ1) is 26.7. The lowest BCUT2D eigenvalue weighted by Crippen LogP contribution is -2.33. The van der Waals surface area contributed by atoms with Crippen molar-refractivity contribution in [3.8, 4) is 11.3 Å². The Balaban J connectivity index is 1.20. The van der Waals surface area contributed by atoms with E-state index in [-0.39, 0.29) is 5.69 Å². The third-order valence-corrected chi connectivity index (χ3v) is 8.20. The van der Waals surface area contributed by atoms with E-state index in [0.717, 1.165) is 66.7 Å². The minimum atomic E-state index is -1.05.